The summed E-state index contributed by atoms with van der Waals surface area (Å²) in [5.41, 5.74) is 5.18. The highest BCUT2D eigenvalue weighted by molar-refractivity contribution is 5.60. The van der Waals surface area contributed by atoms with E-state index in [0.717, 1.165) is 0 Å². The van der Waals surface area contributed by atoms with Crippen LogP contribution in [0, 0.1) is 0 Å². The third-order valence-electron chi connectivity index (χ3n) is 0.784. The van der Waals surface area contributed by atoms with Gasteiger partial charge in [0.05, 0.1) is 0 Å². The molecule has 0 heterocycles. The molecule has 0 aliphatic carbocycles. The molecule has 0 amide bonds. The normalized spacial score (nSPS) is 11.4. The molecule has 0 saturated heterocycles. The zero-order chi connectivity index (χ0) is 8.69. The van der Waals surface area contributed by atoms with Crippen LogP contribution in [0.25, 0.3) is 0 Å². The molecule has 0 aromatic heterocycles. The van der Waals surface area contributed by atoms with Crippen LogP contribution in [0.5, 0.6) is 0 Å². The van der Waals surface area contributed by atoms with Gasteiger partial charge in [-0.2, -0.15) is 0 Å². The van der Waals surface area contributed by atoms with Gasteiger partial charge in [-0.3, -0.25) is 5.73 Å². The van der Waals surface area contributed by atoms with E-state index in [4.69, 9.17) is 5.73 Å². The van der Waals surface area contributed by atoms with E-state index in [1.807, 2.05) is 0 Å². The van der Waals surface area contributed by atoms with Gasteiger partial charge in [-0.05, 0) is 6.08 Å². The van der Waals surface area contributed by atoms with Gasteiger partial charge < -0.3 is 9.47 Å². The molecule has 4 nitrogen and oxygen atoms in total. The van der Waals surface area contributed by atoms with Gasteiger partial charge in [-0.25, -0.2) is 4.79 Å². The van der Waals surface area contributed by atoms with Crippen molar-refractivity contribution >= 4 is 6.16 Å². The molecule has 0 radical (unpaired) electrons. The zero-order valence-corrected chi connectivity index (χ0v) is 6.16. The van der Waals surface area contributed by atoms with E-state index in [0.29, 0.717) is 0 Å². The van der Waals surface area contributed by atoms with Gasteiger partial charge in [-0.1, -0.05) is 19.2 Å². The van der Waals surface area contributed by atoms with Crippen molar-refractivity contribution in [1.82, 2.24) is 0 Å². The maximum atomic E-state index is 10.6. The van der Waals surface area contributed by atoms with Gasteiger partial charge in [0.25, 0.3) is 0 Å². The van der Waals surface area contributed by atoms with Gasteiger partial charge >= 0.3 is 6.16 Å². The van der Waals surface area contributed by atoms with E-state index in [1.165, 1.54) is 12.2 Å². The lowest BCUT2D eigenvalue weighted by atomic mass is 10.6. The predicted molar refractivity (Wildman–Crippen MR) is 40.8 cm³/mol. The van der Waals surface area contributed by atoms with Crippen LogP contribution >= 0.6 is 0 Å². The Morgan fingerprint density at radius 2 is 2.27 bits per heavy atom. The van der Waals surface area contributed by atoms with Gasteiger partial charge in [0.1, 0.15) is 6.61 Å². The summed E-state index contributed by atoms with van der Waals surface area (Å²) >= 11 is 0. The van der Waals surface area contributed by atoms with Gasteiger partial charge in [0.2, 0.25) is 0 Å². The Kier molecular flexibility index (Phi) is 4.85. The fraction of sp³-hybridized carbons (Fsp3) is 0.286. The number of carbonyl (C=O) groups excluding carboxylic acids is 1. The molecule has 0 aromatic rings. The highest BCUT2D eigenvalue weighted by Gasteiger charge is 2.05. The number of hydrogen-bond acceptors (Lipinski definition) is 4. The van der Waals surface area contributed by atoms with Crippen molar-refractivity contribution in [3.05, 3.63) is 25.3 Å². The van der Waals surface area contributed by atoms with Gasteiger partial charge in [0.15, 0.2) is 6.23 Å². The Labute approximate surface area is 65.3 Å². The van der Waals surface area contributed by atoms with E-state index in [-0.39, 0.29) is 6.61 Å². The van der Waals surface area contributed by atoms with E-state index in [1.54, 1.807) is 0 Å². The van der Waals surface area contributed by atoms with Gasteiger partial charge in [-0.15, -0.1) is 0 Å². The summed E-state index contributed by atoms with van der Waals surface area (Å²) in [6.45, 7) is 6.78. The molecule has 0 aliphatic rings. The van der Waals surface area contributed by atoms with Crippen LogP contribution in [-0.2, 0) is 9.47 Å². The van der Waals surface area contributed by atoms with Crippen molar-refractivity contribution in [3.8, 4) is 0 Å². The first-order chi connectivity index (χ1) is 5.20. The molecule has 2 N–H and O–H groups in total. The lowest BCUT2D eigenvalue weighted by Crippen LogP contribution is -2.24. The molecule has 0 rings (SSSR count). The lowest BCUT2D eigenvalue weighted by Gasteiger charge is -2.07. The highest BCUT2D eigenvalue weighted by Crippen LogP contribution is 1.89. The number of hydrogen-bond donors (Lipinski definition) is 1. The van der Waals surface area contributed by atoms with E-state index < -0.39 is 12.4 Å². The summed E-state index contributed by atoms with van der Waals surface area (Å²) in [7, 11) is 0. The van der Waals surface area contributed by atoms with Gasteiger partial charge in [0, 0.05) is 0 Å². The van der Waals surface area contributed by atoms with Crippen LogP contribution in [0.2, 0.25) is 0 Å². The standard InChI is InChI=1S/C7H11NO3/c1-3-5-10-7(9)11-6(8)4-2/h3-4,6H,1-2,5,8H2. The summed E-state index contributed by atoms with van der Waals surface area (Å²) in [6.07, 6.45) is 1.08. The summed E-state index contributed by atoms with van der Waals surface area (Å²) in [6, 6.07) is 0. The topological polar surface area (TPSA) is 61.5 Å². The molecular weight excluding hydrogens is 146 g/mol. The number of ether oxygens (including phenoxy) is 2. The van der Waals surface area contributed by atoms with Crippen molar-refractivity contribution in [2.45, 2.75) is 6.23 Å². The van der Waals surface area contributed by atoms with Crippen molar-refractivity contribution in [1.29, 1.82) is 0 Å². The van der Waals surface area contributed by atoms with Crippen molar-refractivity contribution in [2.24, 2.45) is 5.73 Å². The van der Waals surface area contributed by atoms with Crippen molar-refractivity contribution < 1.29 is 14.3 Å². The summed E-state index contributed by atoms with van der Waals surface area (Å²) in [4.78, 5) is 10.6. The van der Waals surface area contributed by atoms with E-state index in [9.17, 15) is 4.79 Å². The molecule has 0 saturated carbocycles. The third-order valence-corrected chi connectivity index (χ3v) is 0.784. The first-order valence-corrected chi connectivity index (χ1v) is 3.03. The summed E-state index contributed by atoms with van der Waals surface area (Å²) < 4.78 is 8.91. The molecule has 0 aromatic carbocycles. The molecule has 11 heavy (non-hydrogen) atoms. The first-order valence-electron chi connectivity index (χ1n) is 3.03. The maximum Gasteiger partial charge on any atom is 0.510 e. The molecular formula is C7H11NO3. The molecule has 0 bridgehead atoms. The minimum Gasteiger partial charge on any atom is -0.430 e. The van der Waals surface area contributed by atoms with Crippen LogP contribution in [-0.4, -0.2) is 19.0 Å². The Bertz CT molecular complexity index is 156. The third kappa shape index (κ3) is 5.17. The second-order valence-electron chi connectivity index (χ2n) is 1.67. The second-order valence-corrected chi connectivity index (χ2v) is 1.67. The Morgan fingerprint density at radius 1 is 1.64 bits per heavy atom. The average molecular weight is 157 g/mol. The average Bonchev–Trinajstić information content (AvgIpc) is 2.00. The van der Waals surface area contributed by atoms with Crippen molar-refractivity contribution in [2.75, 3.05) is 6.61 Å². The van der Waals surface area contributed by atoms with Crippen LogP contribution in [0.15, 0.2) is 25.3 Å². The Balaban J connectivity index is 3.51. The number of rotatable bonds is 4. The number of nitrogens with two attached hydrogens (primary N) is 1. The summed E-state index contributed by atoms with van der Waals surface area (Å²) in [5, 5.41) is 0. The Hall–Kier alpha value is -1.29. The summed E-state index contributed by atoms with van der Waals surface area (Å²) in [5.74, 6) is 0. The van der Waals surface area contributed by atoms with E-state index in [2.05, 4.69) is 22.6 Å². The monoisotopic (exact) mass is 157 g/mol. The zero-order valence-electron chi connectivity index (χ0n) is 6.16. The fourth-order valence-corrected chi connectivity index (χ4v) is 0.320. The first kappa shape index (κ1) is 9.71. The van der Waals surface area contributed by atoms with Crippen LogP contribution in [0.3, 0.4) is 0 Å². The highest BCUT2D eigenvalue weighted by atomic mass is 16.7. The molecule has 0 spiro atoms. The molecule has 4 heteroatoms. The molecule has 0 aliphatic heterocycles. The molecule has 1 unspecified atom stereocenters. The minimum atomic E-state index is -0.822. The lowest BCUT2D eigenvalue weighted by molar-refractivity contribution is 0.0461. The number of carbonyl (C=O) groups is 1. The largest absolute Gasteiger partial charge is 0.510 e. The van der Waals surface area contributed by atoms with Crippen LogP contribution in [0.1, 0.15) is 0 Å². The molecule has 0 fully saturated rings. The minimum absolute atomic E-state index is 0.114. The molecule has 62 valence electrons. The molecule has 1 atom stereocenters. The van der Waals surface area contributed by atoms with E-state index >= 15 is 0 Å². The van der Waals surface area contributed by atoms with Crippen LogP contribution < -0.4 is 5.73 Å². The smallest absolute Gasteiger partial charge is 0.430 e. The SMILES string of the molecule is C=CCOC(=O)OC(N)C=C. The van der Waals surface area contributed by atoms with Crippen LogP contribution in [0.4, 0.5) is 4.79 Å². The van der Waals surface area contributed by atoms with Crippen molar-refractivity contribution in [3.63, 3.8) is 0 Å². The fourth-order valence-electron chi connectivity index (χ4n) is 0.320. The maximum absolute atomic E-state index is 10.6. The Morgan fingerprint density at radius 3 is 2.73 bits per heavy atom. The second kappa shape index (κ2) is 5.49. The quantitative estimate of drug-likeness (QED) is 0.372. The predicted octanol–water partition coefficient (Wildman–Crippen LogP) is 0.796.